The summed E-state index contributed by atoms with van der Waals surface area (Å²) in [4.78, 5) is 20.4. The number of nitrogens with one attached hydrogen (secondary N) is 1. The number of pyridine rings is 2. The van der Waals surface area contributed by atoms with E-state index in [0.717, 1.165) is 23.5 Å². The summed E-state index contributed by atoms with van der Waals surface area (Å²) in [5, 5.41) is 3.26. The molecule has 0 atom stereocenters. The Morgan fingerprint density at radius 2 is 2.12 bits per heavy atom. The molecular weight excluding hydrogens is 333 g/mol. The molecule has 1 saturated carbocycles. The van der Waals surface area contributed by atoms with Gasteiger partial charge in [0.15, 0.2) is 0 Å². The Morgan fingerprint density at radius 1 is 1.40 bits per heavy atom. The highest BCUT2D eigenvalue weighted by molar-refractivity contribution is 5.90. The van der Waals surface area contributed by atoms with Gasteiger partial charge in [-0.05, 0) is 31.9 Å². The van der Waals surface area contributed by atoms with Crippen molar-refractivity contribution in [3.05, 3.63) is 39.9 Å². The summed E-state index contributed by atoms with van der Waals surface area (Å²) in [7, 11) is 1.60. The zero-order valence-electron chi connectivity index (χ0n) is 13.8. The number of fused-ring (bicyclic) bond motifs is 1. The molecule has 132 valence electrons. The number of allylic oxidation sites excluding steroid dienone is 1. The molecule has 0 amide bonds. The average molecular weight is 350 g/mol. The fourth-order valence-electron chi connectivity index (χ4n) is 2.61. The minimum absolute atomic E-state index is 0.0453. The Morgan fingerprint density at radius 3 is 2.68 bits per heavy atom. The Kier molecular flexibility index (Phi) is 4.36. The van der Waals surface area contributed by atoms with E-state index in [1.54, 1.807) is 20.2 Å². The molecule has 8 heteroatoms. The van der Waals surface area contributed by atoms with Crippen molar-refractivity contribution < 1.29 is 13.2 Å². The van der Waals surface area contributed by atoms with Gasteiger partial charge in [0.1, 0.15) is 11.3 Å². The molecule has 0 spiro atoms. The first-order valence-corrected chi connectivity index (χ1v) is 7.86. The third-order valence-corrected chi connectivity index (χ3v) is 3.99. The summed E-state index contributed by atoms with van der Waals surface area (Å²) in [6.45, 7) is 1.75. The van der Waals surface area contributed by atoms with Crippen LogP contribution in [0.1, 0.15) is 25.5 Å². The Labute approximate surface area is 141 Å². The zero-order valence-corrected chi connectivity index (χ0v) is 13.8. The topological polar surface area (TPSA) is 59.3 Å². The van der Waals surface area contributed by atoms with Crippen LogP contribution in [-0.4, -0.2) is 22.8 Å². The number of aliphatic imine (C=N–C) groups is 1. The second-order valence-electron chi connectivity index (χ2n) is 5.80. The number of hydrogen-bond donors (Lipinski definition) is 1. The highest BCUT2D eigenvalue weighted by Gasteiger charge is 2.33. The van der Waals surface area contributed by atoms with E-state index >= 15 is 0 Å². The predicted molar refractivity (Wildman–Crippen MR) is 91.7 cm³/mol. The first-order valence-electron chi connectivity index (χ1n) is 7.86. The number of halogens is 3. The van der Waals surface area contributed by atoms with Crippen LogP contribution >= 0.6 is 0 Å². The van der Waals surface area contributed by atoms with E-state index < -0.39 is 17.4 Å². The van der Waals surface area contributed by atoms with Gasteiger partial charge < -0.3 is 5.32 Å². The third-order valence-electron chi connectivity index (χ3n) is 3.99. The van der Waals surface area contributed by atoms with Crippen LogP contribution in [0.15, 0.2) is 33.7 Å². The number of rotatable bonds is 4. The van der Waals surface area contributed by atoms with E-state index in [2.05, 4.69) is 15.3 Å². The molecule has 2 heterocycles. The minimum atomic E-state index is -4.59. The van der Waals surface area contributed by atoms with E-state index in [1.165, 1.54) is 18.3 Å². The Hall–Kier alpha value is -2.64. The van der Waals surface area contributed by atoms with Crippen molar-refractivity contribution in [2.45, 2.75) is 25.9 Å². The molecule has 5 nitrogen and oxygen atoms in total. The van der Waals surface area contributed by atoms with Gasteiger partial charge in [0.05, 0.1) is 11.4 Å². The summed E-state index contributed by atoms with van der Waals surface area (Å²) in [5.74, 6) is 0.230. The van der Waals surface area contributed by atoms with E-state index in [9.17, 15) is 18.0 Å². The summed E-state index contributed by atoms with van der Waals surface area (Å²) in [6.07, 6.45) is 0.412. The van der Waals surface area contributed by atoms with Crippen LogP contribution in [0.4, 0.5) is 18.9 Å². The largest absolute Gasteiger partial charge is 0.433 e. The second-order valence-corrected chi connectivity index (χ2v) is 5.80. The van der Waals surface area contributed by atoms with Crippen LogP contribution in [0.25, 0.3) is 17.2 Å². The lowest BCUT2D eigenvalue weighted by Gasteiger charge is -2.13. The predicted octanol–water partition coefficient (Wildman–Crippen LogP) is 3.76. The van der Waals surface area contributed by atoms with Crippen molar-refractivity contribution in [2.75, 3.05) is 12.4 Å². The molecular formula is C17H17F3N4O. The van der Waals surface area contributed by atoms with Gasteiger partial charge in [0, 0.05) is 36.8 Å². The lowest BCUT2D eigenvalue weighted by Crippen LogP contribution is -2.19. The summed E-state index contributed by atoms with van der Waals surface area (Å²) >= 11 is 0. The molecule has 0 unspecified atom stereocenters. The molecule has 2 aromatic rings. The molecule has 25 heavy (non-hydrogen) atoms. The van der Waals surface area contributed by atoms with Gasteiger partial charge in [0.2, 0.25) is 0 Å². The maximum absolute atomic E-state index is 13.0. The fourth-order valence-corrected chi connectivity index (χ4v) is 2.61. The van der Waals surface area contributed by atoms with Crippen molar-refractivity contribution >= 4 is 29.1 Å². The van der Waals surface area contributed by atoms with Crippen LogP contribution in [0, 0.1) is 5.92 Å². The van der Waals surface area contributed by atoms with Crippen LogP contribution in [0.3, 0.4) is 0 Å². The number of anilines is 1. The summed E-state index contributed by atoms with van der Waals surface area (Å²) in [6, 6.07) is 3.57. The number of alkyl halides is 3. The molecule has 1 fully saturated rings. The number of aromatic nitrogens is 2. The van der Waals surface area contributed by atoms with E-state index in [1.807, 2.05) is 0 Å². The molecule has 3 rings (SSSR count). The highest BCUT2D eigenvalue weighted by Crippen LogP contribution is 2.37. The number of hydrogen-bond acceptors (Lipinski definition) is 4. The maximum Gasteiger partial charge on any atom is 0.433 e. The minimum Gasteiger partial charge on any atom is -0.387 e. The quantitative estimate of drug-likeness (QED) is 0.854. The third kappa shape index (κ3) is 3.42. The highest BCUT2D eigenvalue weighted by atomic mass is 19.4. The molecule has 0 aromatic carbocycles. The van der Waals surface area contributed by atoms with E-state index in [0.29, 0.717) is 16.8 Å². The van der Waals surface area contributed by atoms with Gasteiger partial charge in [-0.25, -0.2) is 4.98 Å². The van der Waals surface area contributed by atoms with Crippen LogP contribution in [-0.2, 0) is 6.18 Å². The molecule has 1 aliphatic carbocycles. The summed E-state index contributed by atoms with van der Waals surface area (Å²) < 4.78 is 40.3. The maximum atomic E-state index is 13.0. The van der Waals surface area contributed by atoms with Gasteiger partial charge in [-0.1, -0.05) is 0 Å². The van der Waals surface area contributed by atoms with Crippen molar-refractivity contribution in [3.63, 3.8) is 0 Å². The van der Waals surface area contributed by atoms with Crippen molar-refractivity contribution in [1.29, 1.82) is 0 Å². The van der Waals surface area contributed by atoms with Gasteiger partial charge in [-0.2, -0.15) is 13.2 Å². The lowest BCUT2D eigenvalue weighted by molar-refractivity contribution is -0.141. The number of nitrogens with zero attached hydrogens (tertiary/aromatic N) is 3. The monoisotopic (exact) mass is 350 g/mol. The van der Waals surface area contributed by atoms with Crippen molar-refractivity contribution in [3.8, 4) is 0 Å². The average Bonchev–Trinajstić information content (AvgIpc) is 3.39. The SMILES string of the molecule is CC=N/C(=C/n1c(=O)cc(NC)c2ccc(C(F)(F)F)nc21)C1CC1. The fraction of sp³-hybridized carbons (Fsp3) is 0.353. The molecule has 0 radical (unpaired) electrons. The second kappa shape index (κ2) is 6.34. The normalized spacial score (nSPS) is 16.0. The van der Waals surface area contributed by atoms with Crippen LogP contribution in [0.2, 0.25) is 0 Å². The molecule has 0 bridgehead atoms. The smallest absolute Gasteiger partial charge is 0.387 e. The molecule has 1 N–H and O–H groups in total. The van der Waals surface area contributed by atoms with Gasteiger partial charge in [0.25, 0.3) is 5.56 Å². The molecule has 0 saturated heterocycles. The first-order chi connectivity index (χ1) is 11.8. The van der Waals surface area contributed by atoms with Crippen LogP contribution in [0.5, 0.6) is 0 Å². The van der Waals surface area contributed by atoms with Gasteiger partial charge in [-0.15, -0.1) is 0 Å². The van der Waals surface area contributed by atoms with Gasteiger partial charge >= 0.3 is 6.18 Å². The van der Waals surface area contributed by atoms with Gasteiger partial charge in [-0.3, -0.25) is 14.4 Å². The van der Waals surface area contributed by atoms with E-state index in [-0.39, 0.29) is 11.6 Å². The standard InChI is InChI=1S/C17H17F3N4O/c1-3-22-13(10-4-5-10)9-24-15(25)8-12(21-2)11-6-7-14(17(18,19)20)23-16(11)24/h3,6-10,21H,4-5H2,1-2H3/b13-9+,22-3?. The Bertz CT molecular complexity index is 924. The zero-order chi connectivity index (χ0) is 18.2. The molecule has 0 aliphatic heterocycles. The molecule has 1 aliphatic rings. The van der Waals surface area contributed by atoms with Crippen molar-refractivity contribution in [1.82, 2.24) is 9.55 Å². The Balaban J connectivity index is 2.31. The molecule has 2 aromatic heterocycles. The summed E-state index contributed by atoms with van der Waals surface area (Å²) in [5.41, 5.74) is -0.453. The van der Waals surface area contributed by atoms with Crippen molar-refractivity contribution in [2.24, 2.45) is 10.9 Å². The van der Waals surface area contributed by atoms with E-state index in [4.69, 9.17) is 0 Å². The van der Waals surface area contributed by atoms with Crippen LogP contribution < -0.4 is 10.9 Å². The lowest BCUT2D eigenvalue weighted by atomic mass is 10.2. The first kappa shape index (κ1) is 17.2.